The normalized spacial score (nSPS) is 17.8. The Morgan fingerprint density at radius 2 is 1.89 bits per heavy atom. The summed E-state index contributed by atoms with van der Waals surface area (Å²) in [5.74, 6) is -0.377. The number of benzene rings is 1. The summed E-state index contributed by atoms with van der Waals surface area (Å²) in [5, 5.41) is 9.99. The number of carbonyl (C=O) groups is 1. The van der Waals surface area contributed by atoms with Crippen LogP contribution in [0.1, 0.15) is 50.0 Å². The van der Waals surface area contributed by atoms with E-state index in [1.165, 1.54) is 25.7 Å². The third-order valence-electron chi connectivity index (χ3n) is 3.91. The minimum atomic E-state index is -0.727. The van der Waals surface area contributed by atoms with Gasteiger partial charge in [0.15, 0.2) is 0 Å². The van der Waals surface area contributed by atoms with Crippen LogP contribution in [0.4, 0.5) is 0 Å². The summed E-state index contributed by atoms with van der Waals surface area (Å²) < 4.78 is 0. The van der Waals surface area contributed by atoms with Crippen LogP contribution >= 0.6 is 11.6 Å². The minimum Gasteiger partial charge on any atom is -0.481 e. The highest BCUT2D eigenvalue weighted by Gasteiger charge is 2.22. The SMILES string of the molecule is O=C(O)C(CCC1CCCC1)c1ccc(Cl)cc1. The molecule has 1 saturated carbocycles. The Bertz CT molecular complexity index is 393. The lowest BCUT2D eigenvalue weighted by Crippen LogP contribution is -2.13. The third-order valence-corrected chi connectivity index (χ3v) is 4.16. The first-order valence-electron chi connectivity index (χ1n) is 6.65. The first-order valence-corrected chi connectivity index (χ1v) is 7.03. The van der Waals surface area contributed by atoms with Gasteiger partial charge in [-0.2, -0.15) is 0 Å². The largest absolute Gasteiger partial charge is 0.481 e. The van der Waals surface area contributed by atoms with E-state index in [2.05, 4.69) is 0 Å². The Labute approximate surface area is 113 Å². The van der Waals surface area contributed by atoms with Gasteiger partial charge in [0, 0.05) is 5.02 Å². The molecular formula is C15H19ClO2. The first-order chi connectivity index (χ1) is 8.66. The highest BCUT2D eigenvalue weighted by Crippen LogP contribution is 2.32. The van der Waals surface area contributed by atoms with Crippen LogP contribution < -0.4 is 0 Å². The topological polar surface area (TPSA) is 37.3 Å². The molecule has 0 spiro atoms. The molecule has 0 aliphatic heterocycles. The second-order valence-corrected chi connectivity index (χ2v) is 5.61. The van der Waals surface area contributed by atoms with Crippen molar-refractivity contribution in [1.82, 2.24) is 0 Å². The van der Waals surface area contributed by atoms with Crippen molar-refractivity contribution in [3.8, 4) is 0 Å². The molecule has 1 aliphatic rings. The lowest BCUT2D eigenvalue weighted by Gasteiger charge is -2.15. The number of carboxylic acid groups (broad SMARTS) is 1. The van der Waals surface area contributed by atoms with Crippen molar-refractivity contribution in [2.45, 2.75) is 44.4 Å². The van der Waals surface area contributed by atoms with E-state index in [9.17, 15) is 9.90 Å². The molecule has 18 heavy (non-hydrogen) atoms. The fourth-order valence-electron chi connectivity index (χ4n) is 2.83. The van der Waals surface area contributed by atoms with Crippen molar-refractivity contribution in [3.05, 3.63) is 34.9 Å². The van der Waals surface area contributed by atoms with Crippen LogP contribution in [0.2, 0.25) is 5.02 Å². The number of aliphatic carboxylic acids is 1. The zero-order valence-corrected chi connectivity index (χ0v) is 11.2. The molecule has 1 atom stereocenters. The van der Waals surface area contributed by atoms with Crippen LogP contribution in [0.25, 0.3) is 0 Å². The van der Waals surface area contributed by atoms with Gasteiger partial charge in [0.1, 0.15) is 0 Å². The van der Waals surface area contributed by atoms with Gasteiger partial charge in [0.2, 0.25) is 0 Å². The molecule has 2 nitrogen and oxygen atoms in total. The van der Waals surface area contributed by atoms with Crippen molar-refractivity contribution >= 4 is 17.6 Å². The van der Waals surface area contributed by atoms with Gasteiger partial charge in [-0.15, -0.1) is 0 Å². The molecule has 98 valence electrons. The number of halogens is 1. The van der Waals surface area contributed by atoms with Crippen molar-refractivity contribution < 1.29 is 9.90 Å². The van der Waals surface area contributed by atoms with Gasteiger partial charge in [-0.25, -0.2) is 0 Å². The summed E-state index contributed by atoms with van der Waals surface area (Å²) in [4.78, 5) is 11.4. The summed E-state index contributed by atoms with van der Waals surface area (Å²) in [6, 6.07) is 7.19. The van der Waals surface area contributed by atoms with Gasteiger partial charge in [0.05, 0.1) is 5.92 Å². The highest BCUT2D eigenvalue weighted by molar-refractivity contribution is 6.30. The molecule has 1 aromatic carbocycles. The molecule has 0 amide bonds. The van der Waals surface area contributed by atoms with Crippen LogP contribution in [0.15, 0.2) is 24.3 Å². The molecule has 0 bridgehead atoms. The predicted octanol–water partition coefficient (Wildman–Crippen LogP) is 4.48. The van der Waals surface area contributed by atoms with E-state index >= 15 is 0 Å². The number of hydrogen-bond donors (Lipinski definition) is 1. The number of rotatable bonds is 5. The summed E-state index contributed by atoms with van der Waals surface area (Å²) in [6.07, 6.45) is 6.92. The summed E-state index contributed by atoms with van der Waals surface area (Å²) >= 11 is 5.83. The fourth-order valence-corrected chi connectivity index (χ4v) is 2.96. The van der Waals surface area contributed by atoms with Crippen molar-refractivity contribution in [2.24, 2.45) is 5.92 Å². The zero-order chi connectivity index (χ0) is 13.0. The zero-order valence-electron chi connectivity index (χ0n) is 10.4. The van der Waals surface area contributed by atoms with E-state index < -0.39 is 5.97 Å². The van der Waals surface area contributed by atoms with E-state index in [4.69, 9.17) is 11.6 Å². The quantitative estimate of drug-likeness (QED) is 0.853. The predicted molar refractivity (Wildman–Crippen MR) is 73.0 cm³/mol. The van der Waals surface area contributed by atoms with Crippen LogP contribution in [0.3, 0.4) is 0 Å². The van der Waals surface area contributed by atoms with Gasteiger partial charge >= 0.3 is 5.97 Å². The molecule has 0 saturated heterocycles. The molecule has 1 fully saturated rings. The maximum Gasteiger partial charge on any atom is 0.310 e. The Balaban J connectivity index is 1.99. The van der Waals surface area contributed by atoms with E-state index in [1.807, 2.05) is 12.1 Å². The average Bonchev–Trinajstić information content (AvgIpc) is 2.84. The van der Waals surface area contributed by atoms with Crippen LogP contribution in [0, 0.1) is 5.92 Å². The first kappa shape index (κ1) is 13.4. The standard InChI is InChI=1S/C15H19ClO2/c16-13-8-6-12(7-9-13)14(15(17)18)10-5-11-3-1-2-4-11/h6-9,11,14H,1-5,10H2,(H,17,18). The van der Waals surface area contributed by atoms with E-state index in [0.717, 1.165) is 24.3 Å². The summed E-state index contributed by atoms with van der Waals surface area (Å²) in [5.41, 5.74) is 0.866. The molecule has 0 radical (unpaired) electrons. The minimum absolute atomic E-state index is 0.386. The maximum absolute atomic E-state index is 11.4. The Morgan fingerprint density at radius 1 is 1.28 bits per heavy atom. The second kappa shape index (κ2) is 6.24. The molecule has 1 N–H and O–H groups in total. The Hall–Kier alpha value is -1.02. The van der Waals surface area contributed by atoms with E-state index in [1.54, 1.807) is 12.1 Å². The second-order valence-electron chi connectivity index (χ2n) is 5.17. The van der Waals surface area contributed by atoms with Crippen LogP contribution in [-0.4, -0.2) is 11.1 Å². The van der Waals surface area contributed by atoms with Gasteiger partial charge in [0.25, 0.3) is 0 Å². The highest BCUT2D eigenvalue weighted by atomic mass is 35.5. The molecule has 1 aliphatic carbocycles. The Kier molecular flexibility index (Phi) is 4.65. The molecule has 2 rings (SSSR count). The maximum atomic E-state index is 11.4. The molecule has 3 heteroatoms. The van der Waals surface area contributed by atoms with Crippen molar-refractivity contribution in [1.29, 1.82) is 0 Å². The van der Waals surface area contributed by atoms with E-state index in [0.29, 0.717) is 5.02 Å². The third kappa shape index (κ3) is 3.49. The fraction of sp³-hybridized carbons (Fsp3) is 0.533. The van der Waals surface area contributed by atoms with Gasteiger partial charge in [-0.3, -0.25) is 4.79 Å². The van der Waals surface area contributed by atoms with Crippen LogP contribution in [0.5, 0.6) is 0 Å². The van der Waals surface area contributed by atoms with Crippen molar-refractivity contribution in [2.75, 3.05) is 0 Å². The number of carboxylic acids is 1. The molecule has 0 heterocycles. The Morgan fingerprint density at radius 3 is 2.44 bits per heavy atom. The van der Waals surface area contributed by atoms with Gasteiger partial charge in [-0.05, 0) is 36.5 Å². The lowest BCUT2D eigenvalue weighted by molar-refractivity contribution is -0.139. The van der Waals surface area contributed by atoms with Crippen LogP contribution in [-0.2, 0) is 4.79 Å². The lowest BCUT2D eigenvalue weighted by atomic mass is 9.90. The summed E-state index contributed by atoms with van der Waals surface area (Å²) in [7, 11) is 0. The molecular weight excluding hydrogens is 248 g/mol. The van der Waals surface area contributed by atoms with Crippen molar-refractivity contribution in [3.63, 3.8) is 0 Å². The van der Waals surface area contributed by atoms with Gasteiger partial charge < -0.3 is 5.11 Å². The average molecular weight is 267 g/mol. The number of hydrogen-bond acceptors (Lipinski definition) is 1. The smallest absolute Gasteiger partial charge is 0.310 e. The molecule has 0 aromatic heterocycles. The van der Waals surface area contributed by atoms with Gasteiger partial charge in [-0.1, -0.05) is 49.4 Å². The summed E-state index contributed by atoms with van der Waals surface area (Å²) in [6.45, 7) is 0. The van der Waals surface area contributed by atoms with E-state index in [-0.39, 0.29) is 5.92 Å². The monoisotopic (exact) mass is 266 g/mol. The molecule has 1 unspecified atom stereocenters. The molecule has 1 aromatic rings.